The third kappa shape index (κ3) is 3.25. The standard InChI is InChI=1S/C35H24N4/c1-23-12-2-3-13-24(23)35-36-33(38-29-18-8-4-14-25(29)26-15-5-9-19-30(26)38)22-34(37-35)39-31-20-10-6-16-27(31)28-17-7-11-21-32(28)39/h2-22H,1H3. The minimum atomic E-state index is 0.712. The highest BCUT2D eigenvalue weighted by Crippen LogP contribution is 2.35. The highest BCUT2D eigenvalue weighted by molar-refractivity contribution is 6.10. The van der Waals surface area contributed by atoms with Crippen LogP contribution in [0.15, 0.2) is 127 Å². The van der Waals surface area contributed by atoms with Crippen molar-refractivity contribution in [3.63, 3.8) is 0 Å². The Kier molecular flexibility index (Phi) is 4.70. The lowest BCUT2D eigenvalue weighted by Crippen LogP contribution is -2.06. The number of para-hydroxylation sites is 4. The van der Waals surface area contributed by atoms with Crippen LogP contribution in [-0.2, 0) is 0 Å². The van der Waals surface area contributed by atoms with Crippen molar-refractivity contribution in [3.8, 4) is 23.0 Å². The summed E-state index contributed by atoms with van der Waals surface area (Å²) < 4.78 is 4.54. The summed E-state index contributed by atoms with van der Waals surface area (Å²) in [6.07, 6.45) is 0. The molecular weight excluding hydrogens is 476 g/mol. The van der Waals surface area contributed by atoms with Gasteiger partial charge in [-0.25, -0.2) is 9.97 Å². The summed E-state index contributed by atoms with van der Waals surface area (Å²) in [6, 6.07) is 44.7. The molecule has 184 valence electrons. The predicted octanol–water partition coefficient (Wildman–Crippen LogP) is 8.65. The van der Waals surface area contributed by atoms with E-state index in [1.54, 1.807) is 0 Å². The Morgan fingerprint density at radius 3 is 1.21 bits per heavy atom. The van der Waals surface area contributed by atoms with E-state index in [9.17, 15) is 0 Å². The zero-order valence-corrected chi connectivity index (χ0v) is 21.4. The van der Waals surface area contributed by atoms with Gasteiger partial charge < -0.3 is 0 Å². The van der Waals surface area contributed by atoms with E-state index in [2.05, 4.69) is 143 Å². The molecule has 0 aliphatic carbocycles. The van der Waals surface area contributed by atoms with Crippen LogP contribution in [0.3, 0.4) is 0 Å². The number of hydrogen-bond acceptors (Lipinski definition) is 2. The average Bonchev–Trinajstić information content (AvgIpc) is 3.50. The van der Waals surface area contributed by atoms with Crippen LogP contribution in [0.1, 0.15) is 5.56 Å². The molecule has 8 rings (SSSR count). The SMILES string of the molecule is Cc1ccccc1-c1nc(-n2c3ccccc3c3ccccc32)cc(-n2c3ccccc3c3ccccc32)n1. The second-order valence-corrected chi connectivity index (χ2v) is 9.96. The van der Waals surface area contributed by atoms with E-state index in [0.717, 1.165) is 44.8 Å². The molecule has 39 heavy (non-hydrogen) atoms. The van der Waals surface area contributed by atoms with Gasteiger partial charge in [-0.15, -0.1) is 0 Å². The van der Waals surface area contributed by atoms with Crippen molar-refractivity contribution in [3.05, 3.63) is 133 Å². The number of fused-ring (bicyclic) bond motifs is 6. The molecule has 0 saturated carbocycles. The van der Waals surface area contributed by atoms with Crippen molar-refractivity contribution in [1.29, 1.82) is 0 Å². The number of benzene rings is 5. The van der Waals surface area contributed by atoms with Crippen LogP contribution in [0.25, 0.3) is 66.6 Å². The molecule has 0 amide bonds. The van der Waals surface area contributed by atoms with Crippen molar-refractivity contribution < 1.29 is 0 Å². The minimum absolute atomic E-state index is 0.712. The maximum Gasteiger partial charge on any atom is 0.164 e. The summed E-state index contributed by atoms with van der Waals surface area (Å²) >= 11 is 0. The van der Waals surface area contributed by atoms with Crippen molar-refractivity contribution in [2.75, 3.05) is 0 Å². The zero-order chi connectivity index (χ0) is 25.9. The van der Waals surface area contributed by atoms with Crippen molar-refractivity contribution >= 4 is 43.6 Å². The number of nitrogens with zero attached hydrogens (tertiary/aromatic N) is 4. The second-order valence-electron chi connectivity index (χ2n) is 9.96. The van der Waals surface area contributed by atoms with Crippen molar-refractivity contribution in [1.82, 2.24) is 19.1 Å². The van der Waals surface area contributed by atoms with Gasteiger partial charge in [0.25, 0.3) is 0 Å². The molecule has 0 spiro atoms. The third-order valence-corrected chi connectivity index (χ3v) is 7.70. The van der Waals surface area contributed by atoms with E-state index < -0.39 is 0 Å². The molecule has 0 saturated heterocycles. The molecule has 0 fully saturated rings. The highest BCUT2D eigenvalue weighted by Gasteiger charge is 2.19. The number of rotatable bonds is 3. The van der Waals surface area contributed by atoms with Gasteiger partial charge in [0, 0.05) is 33.2 Å². The topological polar surface area (TPSA) is 35.6 Å². The lowest BCUT2D eigenvalue weighted by molar-refractivity contribution is 0.992. The Hall–Kier alpha value is -5.22. The molecule has 8 aromatic rings. The van der Waals surface area contributed by atoms with Crippen LogP contribution in [0.4, 0.5) is 0 Å². The van der Waals surface area contributed by atoms with Crippen LogP contribution in [0.5, 0.6) is 0 Å². The molecular formula is C35H24N4. The van der Waals surface area contributed by atoms with Gasteiger partial charge in [0.05, 0.1) is 22.1 Å². The molecule has 3 heterocycles. The molecule has 3 aromatic heterocycles. The maximum atomic E-state index is 5.22. The fraction of sp³-hybridized carbons (Fsp3) is 0.0286. The molecule has 0 radical (unpaired) electrons. The largest absolute Gasteiger partial charge is 0.294 e. The molecule has 0 N–H and O–H groups in total. The molecule has 0 bridgehead atoms. The molecule has 0 unspecified atom stereocenters. The van der Waals surface area contributed by atoms with Crippen LogP contribution >= 0.6 is 0 Å². The molecule has 0 aliphatic rings. The second kappa shape index (κ2) is 8.40. The van der Waals surface area contributed by atoms with E-state index >= 15 is 0 Å². The summed E-state index contributed by atoms with van der Waals surface area (Å²) in [5, 5.41) is 4.84. The number of aromatic nitrogens is 4. The van der Waals surface area contributed by atoms with Gasteiger partial charge in [-0.1, -0.05) is 97.1 Å². The molecule has 4 nitrogen and oxygen atoms in total. The summed E-state index contributed by atoms with van der Waals surface area (Å²) in [5.41, 5.74) is 6.68. The predicted molar refractivity (Wildman–Crippen MR) is 161 cm³/mol. The summed E-state index contributed by atoms with van der Waals surface area (Å²) in [6.45, 7) is 2.12. The molecule has 0 atom stereocenters. The van der Waals surface area contributed by atoms with Gasteiger partial charge in [0.2, 0.25) is 0 Å². The Balaban J connectivity index is 1.52. The quantitative estimate of drug-likeness (QED) is 0.243. The van der Waals surface area contributed by atoms with Crippen molar-refractivity contribution in [2.24, 2.45) is 0 Å². The Morgan fingerprint density at radius 2 is 0.795 bits per heavy atom. The van der Waals surface area contributed by atoms with E-state index in [4.69, 9.17) is 9.97 Å². The first-order valence-corrected chi connectivity index (χ1v) is 13.2. The summed E-state index contributed by atoms with van der Waals surface area (Å²) in [5.74, 6) is 2.40. The average molecular weight is 501 g/mol. The third-order valence-electron chi connectivity index (χ3n) is 7.70. The first-order valence-electron chi connectivity index (χ1n) is 13.2. The van der Waals surface area contributed by atoms with Gasteiger partial charge in [-0.3, -0.25) is 9.13 Å². The summed E-state index contributed by atoms with van der Waals surface area (Å²) in [4.78, 5) is 10.4. The summed E-state index contributed by atoms with van der Waals surface area (Å²) in [7, 11) is 0. The van der Waals surface area contributed by atoms with Crippen LogP contribution < -0.4 is 0 Å². The Morgan fingerprint density at radius 1 is 0.436 bits per heavy atom. The highest BCUT2D eigenvalue weighted by atomic mass is 15.1. The van der Waals surface area contributed by atoms with E-state index in [-0.39, 0.29) is 0 Å². The zero-order valence-electron chi connectivity index (χ0n) is 21.4. The molecule has 4 heteroatoms. The fourth-order valence-corrected chi connectivity index (χ4v) is 5.93. The maximum absolute atomic E-state index is 5.22. The van der Waals surface area contributed by atoms with Gasteiger partial charge in [0.15, 0.2) is 5.82 Å². The van der Waals surface area contributed by atoms with Gasteiger partial charge >= 0.3 is 0 Å². The van der Waals surface area contributed by atoms with Crippen LogP contribution in [0, 0.1) is 6.92 Å². The lowest BCUT2D eigenvalue weighted by atomic mass is 10.1. The first kappa shape index (κ1) is 21.8. The Labute approximate surface area is 225 Å². The Bertz CT molecular complexity index is 1960. The smallest absolute Gasteiger partial charge is 0.164 e. The van der Waals surface area contributed by atoms with Gasteiger partial charge in [-0.2, -0.15) is 0 Å². The monoisotopic (exact) mass is 500 g/mol. The van der Waals surface area contributed by atoms with Gasteiger partial charge in [0.1, 0.15) is 11.6 Å². The molecule has 0 aliphatic heterocycles. The fourth-order valence-electron chi connectivity index (χ4n) is 5.93. The van der Waals surface area contributed by atoms with Gasteiger partial charge in [-0.05, 0) is 36.8 Å². The lowest BCUT2D eigenvalue weighted by Gasteiger charge is -2.14. The normalized spacial score (nSPS) is 11.7. The van der Waals surface area contributed by atoms with E-state index in [1.807, 2.05) is 0 Å². The van der Waals surface area contributed by atoms with Crippen LogP contribution in [-0.4, -0.2) is 19.1 Å². The number of aryl methyl sites for hydroxylation is 1. The molecule has 5 aromatic carbocycles. The van der Waals surface area contributed by atoms with E-state index in [0.29, 0.717) is 5.82 Å². The first-order chi connectivity index (χ1) is 19.3. The van der Waals surface area contributed by atoms with E-state index in [1.165, 1.54) is 21.5 Å². The number of hydrogen-bond donors (Lipinski definition) is 0. The van der Waals surface area contributed by atoms with Crippen molar-refractivity contribution in [2.45, 2.75) is 6.92 Å². The minimum Gasteiger partial charge on any atom is -0.294 e. The van der Waals surface area contributed by atoms with Crippen LogP contribution in [0.2, 0.25) is 0 Å².